The van der Waals surface area contributed by atoms with Crippen LogP contribution in [-0.2, 0) is 9.47 Å². The quantitative estimate of drug-likeness (QED) is 0.841. The molecule has 3 aliphatic rings. The van der Waals surface area contributed by atoms with Crippen molar-refractivity contribution >= 4 is 0 Å². The summed E-state index contributed by atoms with van der Waals surface area (Å²) in [6.45, 7) is 6.45. The Morgan fingerprint density at radius 1 is 1.10 bits per heavy atom. The molecule has 6 unspecified atom stereocenters. The van der Waals surface area contributed by atoms with Crippen molar-refractivity contribution in [2.24, 2.45) is 29.6 Å². The Kier molecular flexibility index (Phi) is 4.68. The second-order valence-corrected chi connectivity index (χ2v) is 7.37. The van der Waals surface area contributed by atoms with E-state index in [1.54, 1.807) is 0 Å². The van der Waals surface area contributed by atoms with Gasteiger partial charge in [-0.05, 0) is 61.7 Å². The number of rotatable bonds is 5. The maximum atomic E-state index is 10.3. The van der Waals surface area contributed by atoms with Crippen LogP contribution >= 0.6 is 0 Å². The van der Waals surface area contributed by atoms with Gasteiger partial charge in [-0.2, -0.15) is 0 Å². The molecule has 3 rings (SSSR count). The Morgan fingerprint density at radius 2 is 1.85 bits per heavy atom. The van der Waals surface area contributed by atoms with Crippen LogP contribution in [0.5, 0.6) is 0 Å². The fourth-order valence-electron chi connectivity index (χ4n) is 4.86. The third-order valence-corrected chi connectivity index (χ3v) is 6.24. The Balaban J connectivity index is 1.40. The van der Waals surface area contributed by atoms with Crippen LogP contribution in [0.15, 0.2) is 0 Å². The van der Waals surface area contributed by atoms with E-state index >= 15 is 0 Å². The van der Waals surface area contributed by atoms with Gasteiger partial charge < -0.3 is 14.6 Å². The number of fused-ring (bicyclic) bond motifs is 2. The Labute approximate surface area is 123 Å². The summed E-state index contributed by atoms with van der Waals surface area (Å²) in [7, 11) is 0. The number of hydrogen-bond acceptors (Lipinski definition) is 3. The molecule has 0 spiro atoms. The molecule has 0 radical (unpaired) electrons. The maximum absolute atomic E-state index is 10.3. The minimum atomic E-state index is -0.170. The lowest BCUT2D eigenvalue weighted by Gasteiger charge is -2.33. The zero-order valence-corrected chi connectivity index (χ0v) is 13.0. The van der Waals surface area contributed by atoms with Crippen molar-refractivity contribution in [1.82, 2.24) is 0 Å². The van der Waals surface area contributed by atoms with Crippen LogP contribution in [0.1, 0.15) is 52.4 Å². The van der Waals surface area contributed by atoms with Crippen molar-refractivity contribution in [3.05, 3.63) is 0 Å². The number of hydrogen-bond donors (Lipinski definition) is 1. The fourth-order valence-corrected chi connectivity index (χ4v) is 4.86. The van der Waals surface area contributed by atoms with Gasteiger partial charge in [0.25, 0.3) is 0 Å². The van der Waals surface area contributed by atoms with E-state index in [4.69, 9.17) is 9.47 Å². The predicted molar refractivity (Wildman–Crippen MR) is 78.2 cm³/mol. The van der Waals surface area contributed by atoms with Crippen molar-refractivity contribution < 1.29 is 14.6 Å². The molecule has 20 heavy (non-hydrogen) atoms. The molecule has 6 atom stereocenters. The van der Waals surface area contributed by atoms with Gasteiger partial charge in [-0.15, -0.1) is 0 Å². The van der Waals surface area contributed by atoms with Gasteiger partial charge in [-0.3, -0.25) is 0 Å². The number of aliphatic hydroxyl groups is 1. The van der Waals surface area contributed by atoms with Crippen LogP contribution in [0.4, 0.5) is 0 Å². The molecule has 0 aromatic heterocycles. The third-order valence-electron chi connectivity index (χ3n) is 6.24. The summed E-state index contributed by atoms with van der Waals surface area (Å²) < 4.78 is 11.1. The van der Waals surface area contributed by atoms with E-state index in [1.165, 1.54) is 12.8 Å². The molecule has 1 heterocycles. The monoisotopic (exact) mass is 282 g/mol. The second-order valence-electron chi connectivity index (χ2n) is 7.37. The molecule has 0 aromatic rings. The highest BCUT2D eigenvalue weighted by Crippen LogP contribution is 2.56. The number of aliphatic hydroxyl groups excluding tert-OH is 1. The average Bonchev–Trinajstić information content (AvgIpc) is 2.98. The lowest BCUT2D eigenvalue weighted by Crippen LogP contribution is -2.29. The molecule has 1 N–H and O–H groups in total. The predicted octanol–water partition coefficient (Wildman–Crippen LogP) is 3.21. The van der Waals surface area contributed by atoms with Crippen molar-refractivity contribution in [2.75, 3.05) is 13.2 Å². The van der Waals surface area contributed by atoms with Gasteiger partial charge in [0, 0.05) is 6.42 Å². The molecule has 2 saturated carbocycles. The molecule has 1 saturated heterocycles. The van der Waals surface area contributed by atoms with Gasteiger partial charge in [0.1, 0.15) is 0 Å². The van der Waals surface area contributed by atoms with E-state index in [0.717, 1.165) is 68.5 Å². The first kappa shape index (κ1) is 14.8. The molecular formula is C17H30O3. The molecule has 3 nitrogen and oxygen atoms in total. The van der Waals surface area contributed by atoms with Crippen LogP contribution in [0, 0.1) is 29.6 Å². The summed E-state index contributed by atoms with van der Waals surface area (Å²) in [5.74, 6) is 4.31. The normalized spacial score (nSPS) is 43.0. The van der Waals surface area contributed by atoms with Gasteiger partial charge in [-0.25, -0.2) is 0 Å². The molecular weight excluding hydrogens is 252 g/mol. The Bertz CT molecular complexity index is 311. The van der Waals surface area contributed by atoms with Crippen LogP contribution < -0.4 is 0 Å². The summed E-state index contributed by atoms with van der Waals surface area (Å²) in [6.07, 6.45) is 6.17. The molecule has 1 aliphatic heterocycles. The van der Waals surface area contributed by atoms with Crippen molar-refractivity contribution in [3.63, 3.8) is 0 Å². The molecule has 3 heteroatoms. The Hall–Kier alpha value is -0.120. The molecule has 3 fully saturated rings. The average molecular weight is 282 g/mol. The summed E-state index contributed by atoms with van der Waals surface area (Å²) in [5.41, 5.74) is 0. The summed E-state index contributed by atoms with van der Waals surface area (Å²) in [6, 6.07) is 0. The van der Waals surface area contributed by atoms with E-state index in [2.05, 4.69) is 13.8 Å². The van der Waals surface area contributed by atoms with Gasteiger partial charge in [0.15, 0.2) is 6.29 Å². The molecule has 116 valence electrons. The second kappa shape index (κ2) is 6.33. The summed E-state index contributed by atoms with van der Waals surface area (Å²) >= 11 is 0. The van der Waals surface area contributed by atoms with E-state index in [-0.39, 0.29) is 12.4 Å². The van der Waals surface area contributed by atoms with Crippen molar-refractivity contribution in [1.29, 1.82) is 0 Å². The molecule has 0 amide bonds. The van der Waals surface area contributed by atoms with Crippen molar-refractivity contribution in [3.8, 4) is 0 Å². The minimum Gasteiger partial charge on any atom is -0.393 e. The molecule has 0 aromatic carbocycles. The Morgan fingerprint density at radius 3 is 2.50 bits per heavy atom. The van der Waals surface area contributed by atoms with E-state index in [1.807, 2.05) is 0 Å². The summed E-state index contributed by atoms with van der Waals surface area (Å²) in [4.78, 5) is 0. The van der Waals surface area contributed by atoms with Crippen molar-refractivity contribution in [2.45, 2.75) is 64.8 Å². The van der Waals surface area contributed by atoms with Gasteiger partial charge >= 0.3 is 0 Å². The zero-order valence-electron chi connectivity index (χ0n) is 13.0. The van der Waals surface area contributed by atoms with Gasteiger partial charge in [0.2, 0.25) is 0 Å². The molecule has 2 bridgehead atoms. The zero-order chi connectivity index (χ0) is 14.1. The van der Waals surface area contributed by atoms with Crippen LogP contribution in [0.3, 0.4) is 0 Å². The SMILES string of the molecule is CC1C2CC(CC(O)CCC3OCCCO3)C(C2)C1C. The standard InChI is InChI=1S/C17H30O3/c1-11-12(2)16-10-13(11)8-14(16)9-15(18)4-5-17-19-6-3-7-20-17/h11-18H,3-10H2,1-2H3. The maximum Gasteiger partial charge on any atom is 0.157 e. The first-order valence-electron chi connectivity index (χ1n) is 8.56. The highest BCUT2D eigenvalue weighted by atomic mass is 16.7. The third kappa shape index (κ3) is 3.05. The fraction of sp³-hybridized carbons (Fsp3) is 1.00. The lowest BCUT2D eigenvalue weighted by atomic mass is 9.74. The largest absolute Gasteiger partial charge is 0.393 e. The molecule has 2 aliphatic carbocycles. The van der Waals surface area contributed by atoms with E-state index < -0.39 is 0 Å². The van der Waals surface area contributed by atoms with E-state index in [0.29, 0.717) is 0 Å². The van der Waals surface area contributed by atoms with Gasteiger partial charge in [0.05, 0.1) is 19.3 Å². The first-order valence-corrected chi connectivity index (χ1v) is 8.56. The first-order chi connectivity index (χ1) is 9.65. The van der Waals surface area contributed by atoms with Crippen LogP contribution in [0.2, 0.25) is 0 Å². The van der Waals surface area contributed by atoms with Crippen LogP contribution in [0.25, 0.3) is 0 Å². The highest BCUT2D eigenvalue weighted by Gasteiger charge is 2.48. The minimum absolute atomic E-state index is 0.0719. The van der Waals surface area contributed by atoms with Gasteiger partial charge in [-0.1, -0.05) is 13.8 Å². The van der Waals surface area contributed by atoms with Crippen LogP contribution in [-0.4, -0.2) is 30.7 Å². The smallest absolute Gasteiger partial charge is 0.157 e. The number of ether oxygens (including phenoxy) is 2. The summed E-state index contributed by atoms with van der Waals surface area (Å²) in [5, 5.41) is 10.3. The highest BCUT2D eigenvalue weighted by molar-refractivity contribution is 4.97. The van der Waals surface area contributed by atoms with E-state index in [9.17, 15) is 5.11 Å². The topological polar surface area (TPSA) is 38.7 Å². The lowest BCUT2D eigenvalue weighted by molar-refractivity contribution is -0.183.